The smallest absolute Gasteiger partial charge is 0.257 e. The molecule has 4 rings (SSSR count). The molecule has 1 aliphatic carbocycles. The number of carbonyl (C=O) groups is 2. The molecule has 208 valence electrons. The Morgan fingerprint density at radius 3 is 2.46 bits per heavy atom. The van der Waals surface area contributed by atoms with Gasteiger partial charge in [-0.05, 0) is 67.0 Å². The third-order valence-corrected chi connectivity index (χ3v) is 7.81. The minimum atomic E-state index is -0.879. The van der Waals surface area contributed by atoms with E-state index < -0.39 is 29.5 Å². The number of aryl methyl sites for hydroxylation is 1. The van der Waals surface area contributed by atoms with Crippen LogP contribution in [0.25, 0.3) is 0 Å². The van der Waals surface area contributed by atoms with Gasteiger partial charge in [-0.25, -0.2) is 8.78 Å². The summed E-state index contributed by atoms with van der Waals surface area (Å²) in [6.07, 6.45) is 8.04. The maximum atomic E-state index is 14.9. The van der Waals surface area contributed by atoms with E-state index in [1.165, 1.54) is 13.0 Å². The number of allylic oxidation sites excluding steroid dienone is 2. The van der Waals surface area contributed by atoms with Gasteiger partial charge in [-0.2, -0.15) is 0 Å². The average Bonchev–Trinajstić information content (AvgIpc) is 2.87. The number of anilines is 1. The minimum Gasteiger partial charge on any atom is -0.378 e. The van der Waals surface area contributed by atoms with Crippen LogP contribution in [0, 0.1) is 30.4 Å². The van der Waals surface area contributed by atoms with Crippen LogP contribution >= 0.6 is 0 Å². The van der Waals surface area contributed by atoms with Gasteiger partial charge in [-0.15, -0.1) is 0 Å². The number of rotatable bonds is 5. The molecule has 2 aromatic rings. The Bertz CT molecular complexity index is 1290. The van der Waals surface area contributed by atoms with Crippen LogP contribution in [0.4, 0.5) is 14.5 Å². The molecule has 5 nitrogen and oxygen atoms in total. The molecule has 0 bridgehead atoms. The van der Waals surface area contributed by atoms with Crippen LogP contribution in [0.3, 0.4) is 0 Å². The minimum absolute atomic E-state index is 0.0716. The van der Waals surface area contributed by atoms with Crippen molar-refractivity contribution in [2.75, 3.05) is 26.0 Å². The number of carbonyl (C=O) groups excluding carboxylic acids is 2. The summed E-state index contributed by atoms with van der Waals surface area (Å²) in [5, 5.41) is 3.10. The highest BCUT2D eigenvalue weighted by Crippen LogP contribution is 2.36. The first-order chi connectivity index (χ1) is 18.4. The number of piperidine rings is 1. The molecule has 1 saturated heterocycles. The molecule has 0 spiro atoms. The zero-order valence-corrected chi connectivity index (χ0v) is 23.7. The number of hydrogen-bond acceptors (Lipinski definition) is 3. The molecular formula is C32H39F2N3O2. The topological polar surface area (TPSA) is 52.7 Å². The van der Waals surface area contributed by atoms with Crippen molar-refractivity contribution in [1.82, 2.24) is 9.80 Å². The first-order valence-corrected chi connectivity index (χ1v) is 13.6. The van der Waals surface area contributed by atoms with Gasteiger partial charge in [-0.3, -0.25) is 9.59 Å². The van der Waals surface area contributed by atoms with Crippen LogP contribution < -0.4 is 5.32 Å². The van der Waals surface area contributed by atoms with E-state index in [1.807, 2.05) is 49.3 Å². The van der Waals surface area contributed by atoms with Gasteiger partial charge >= 0.3 is 0 Å². The fraction of sp³-hybridized carbons (Fsp3) is 0.438. The van der Waals surface area contributed by atoms with Crippen LogP contribution in [0.1, 0.15) is 61.5 Å². The molecule has 1 unspecified atom stereocenters. The molecule has 3 atom stereocenters. The fourth-order valence-corrected chi connectivity index (χ4v) is 5.70. The van der Waals surface area contributed by atoms with Gasteiger partial charge in [0.1, 0.15) is 11.6 Å². The van der Waals surface area contributed by atoms with E-state index in [4.69, 9.17) is 0 Å². The summed E-state index contributed by atoms with van der Waals surface area (Å²) < 4.78 is 28.7. The molecule has 0 saturated carbocycles. The monoisotopic (exact) mass is 535 g/mol. The van der Waals surface area contributed by atoms with Crippen molar-refractivity contribution >= 4 is 17.5 Å². The van der Waals surface area contributed by atoms with Crippen molar-refractivity contribution in [2.24, 2.45) is 11.8 Å². The number of likely N-dealkylation sites (N-methyl/N-ethyl adjacent to an activating group) is 1. The normalized spacial score (nSPS) is 21.4. The van der Waals surface area contributed by atoms with E-state index in [2.05, 4.69) is 38.2 Å². The zero-order valence-electron chi connectivity index (χ0n) is 23.7. The van der Waals surface area contributed by atoms with Crippen molar-refractivity contribution in [3.63, 3.8) is 0 Å². The van der Waals surface area contributed by atoms with E-state index in [0.29, 0.717) is 31.5 Å². The van der Waals surface area contributed by atoms with Gasteiger partial charge < -0.3 is 15.1 Å². The molecule has 1 heterocycles. The van der Waals surface area contributed by atoms with Gasteiger partial charge in [0.25, 0.3) is 5.91 Å². The highest BCUT2D eigenvalue weighted by Gasteiger charge is 2.43. The molecule has 0 aromatic heterocycles. The van der Waals surface area contributed by atoms with Crippen molar-refractivity contribution in [2.45, 2.75) is 58.4 Å². The summed E-state index contributed by atoms with van der Waals surface area (Å²) in [5.41, 5.74) is 2.92. The summed E-state index contributed by atoms with van der Waals surface area (Å²) in [5.74, 6) is -2.88. The van der Waals surface area contributed by atoms with Crippen LogP contribution in [-0.4, -0.2) is 48.3 Å². The average molecular weight is 536 g/mol. The molecule has 1 N–H and O–H groups in total. The maximum absolute atomic E-state index is 14.9. The third kappa shape index (κ3) is 6.23. The third-order valence-electron chi connectivity index (χ3n) is 7.81. The summed E-state index contributed by atoms with van der Waals surface area (Å²) >= 11 is 0. The lowest BCUT2D eigenvalue weighted by Crippen LogP contribution is -2.55. The number of nitrogens with one attached hydrogen (secondary N) is 1. The lowest BCUT2D eigenvalue weighted by molar-refractivity contribution is -0.123. The Hall–Kier alpha value is -3.48. The molecule has 2 aromatic carbocycles. The van der Waals surface area contributed by atoms with Crippen molar-refractivity contribution in [3.8, 4) is 0 Å². The zero-order chi connectivity index (χ0) is 28.5. The highest BCUT2D eigenvalue weighted by molar-refractivity contribution is 5.98. The Labute approximate surface area is 230 Å². The van der Waals surface area contributed by atoms with Gasteiger partial charge in [0.15, 0.2) is 0 Å². The highest BCUT2D eigenvalue weighted by atomic mass is 19.1. The molecule has 1 aliphatic heterocycles. The van der Waals surface area contributed by atoms with Crippen LogP contribution in [0.15, 0.2) is 60.3 Å². The predicted octanol–water partition coefficient (Wildman–Crippen LogP) is 6.45. The molecule has 39 heavy (non-hydrogen) atoms. The van der Waals surface area contributed by atoms with E-state index in [-0.39, 0.29) is 28.4 Å². The van der Waals surface area contributed by atoms with Gasteiger partial charge in [0.2, 0.25) is 5.91 Å². The number of amides is 2. The second kappa shape index (κ2) is 11.3. The number of hydrogen-bond donors (Lipinski definition) is 1. The second-order valence-electron chi connectivity index (χ2n) is 11.9. The Balaban J connectivity index is 1.68. The number of likely N-dealkylation sites (tertiary alicyclic amines) is 1. The summed E-state index contributed by atoms with van der Waals surface area (Å²) in [6, 6.07) is 9.28. The lowest BCUT2D eigenvalue weighted by Gasteiger charge is -2.44. The van der Waals surface area contributed by atoms with Crippen LogP contribution in [0.2, 0.25) is 0 Å². The maximum Gasteiger partial charge on any atom is 0.257 e. The number of nitrogens with zero attached hydrogens (tertiary/aromatic N) is 2. The summed E-state index contributed by atoms with van der Waals surface area (Å²) in [4.78, 5) is 31.3. The molecular weight excluding hydrogens is 496 g/mol. The number of benzene rings is 2. The van der Waals surface area contributed by atoms with Crippen molar-refractivity contribution in [1.29, 1.82) is 0 Å². The van der Waals surface area contributed by atoms with Gasteiger partial charge in [0, 0.05) is 44.0 Å². The molecule has 7 heteroatoms. The van der Waals surface area contributed by atoms with E-state index in [1.54, 1.807) is 4.90 Å². The lowest BCUT2D eigenvalue weighted by atomic mass is 9.77. The first kappa shape index (κ1) is 28.5. The largest absolute Gasteiger partial charge is 0.378 e. The standard InChI is InChI=1S/C32H39F2N3O2/c1-20-17-23(33)19-27(34)28(20)31(39)37-16-8-11-26(29(37)21-12-14-25(15-13-21)36(5)6)30(38)35-24-10-7-9-22(18-24)32(2,3)4/h7,9-10,12,14-15,17-19,21,26,29H,8,11,13,16H2,1-6H3,(H,35,38)/t21?,26-,29-/m0/s1. The first-order valence-electron chi connectivity index (χ1n) is 13.6. The fourth-order valence-electron chi connectivity index (χ4n) is 5.70. The second-order valence-corrected chi connectivity index (χ2v) is 11.9. The Morgan fingerprint density at radius 1 is 1.10 bits per heavy atom. The molecule has 0 radical (unpaired) electrons. The summed E-state index contributed by atoms with van der Waals surface area (Å²) in [6.45, 7) is 8.30. The van der Waals surface area contributed by atoms with E-state index in [0.717, 1.165) is 17.3 Å². The Kier molecular flexibility index (Phi) is 8.28. The van der Waals surface area contributed by atoms with E-state index in [9.17, 15) is 18.4 Å². The molecule has 1 fully saturated rings. The number of halogens is 2. The predicted molar refractivity (Wildman–Crippen MR) is 151 cm³/mol. The molecule has 2 aliphatic rings. The van der Waals surface area contributed by atoms with Crippen molar-refractivity contribution < 1.29 is 18.4 Å². The van der Waals surface area contributed by atoms with Gasteiger partial charge in [-0.1, -0.05) is 45.1 Å². The Morgan fingerprint density at radius 2 is 1.85 bits per heavy atom. The van der Waals surface area contributed by atoms with Gasteiger partial charge in [0.05, 0.1) is 17.5 Å². The van der Waals surface area contributed by atoms with Crippen LogP contribution in [-0.2, 0) is 10.2 Å². The van der Waals surface area contributed by atoms with Crippen LogP contribution in [0.5, 0.6) is 0 Å². The van der Waals surface area contributed by atoms with Crippen molar-refractivity contribution in [3.05, 3.63) is 88.6 Å². The summed E-state index contributed by atoms with van der Waals surface area (Å²) in [7, 11) is 3.93. The molecule has 2 amide bonds. The quantitative estimate of drug-likeness (QED) is 0.479. The van der Waals surface area contributed by atoms with E-state index >= 15 is 0 Å². The SMILES string of the molecule is Cc1cc(F)cc(F)c1C(=O)N1CCC[C@H](C(=O)Nc2cccc(C(C)(C)C)c2)[C@@H]1C1C=CC(N(C)C)=CC1.